The molecule has 1 aliphatic rings. The van der Waals surface area contributed by atoms with Crippen molar-refractivity contribution in [2.24, 2.45) is 5.41 Å². The molecule has 1 N–H and O–H groups in total. The lowest BCUT2D eigenvalue weighted by Crippen LogP contribution is -2.45. The molecule has 5 heteroatoms. The van der Waals surface area contributed by atoms with Crippen LogP contribution in [0.25, 0.3) is 0 Å². The molecule has 1 fully saturated rings. The van der Waals surface area contributed by atoms with Gasteiger partial charge in [-0.1, -0.05) is 12.5 Å². The minimum Gasteiger partial charge on any atom is -0.497 e. The van der Waals surface area contributed by atoms with Crippen LogP contribution in [0.3, 0.4) is 0 Å². The van der Waals surface area contributed by atoms with Gasteiger partial charge in [0, 0.05) is 18.4 Å². The number of ketones is 1. The summed E-state index contributed by atoms with van der Waals surface area (Å²) in [4.78, 5) is 24.3. The van der Waals surface area contributed by atoms with Crippen LogP contribution in [0.4, 0.5) is 4.79 Å². The molecule has 0 aliphatic heterocycles. The van der Waals surface area contributed by atoms with Crippen LogP contribution in [-0.2, 0) is 4.79 Å². The number of carbonyl (C=O) groups excluding carboxylic acids is 2. The largest absolute Gasteiger partial charge is 0.497 e. The van der Waals surface area contributed by atoms with E-state index in [1.807, 2.05) is 0 Å². The first-order valence-corrected chi connectivity index (χ1v) is 7.83. The Morgan fingerprint density at radius 3 is 2.61 bits per heavy atom. The molecule has 2 rings (SSSR count). The summed E-state index contributed by atoms with van der Waals surface area (Å²) in [7, 11) is 1.57. The summed E-state index contributed by atoms with van der Waals surface area (Å²) < 4.78 is 10.3. The molecule has 1 saturated carbocycles. The highest BCUT2D eigenvalue weighted by Crippen LogP contribution is 2.36. The average Bonchev–Trinajstić information content (AvgIpc) is 2.56. The van der Waals surface area contributed by atoms with E-state index in [9.17, 15) is 9.59 Å². The number of carbonyl (C=O) groups is 2. The third-order valence-electron chi connectivity index (χ3n) is 4.28. The summed E-state index contributed by atoms with van der Waals surface area (Å²) in [6.45, 7) is 4.02. The first kappa shape index (κ1) is 17.1. The third kappa shape index (κ3) is 4.34. The van der Waals surface area contributed by atoms with Crippen molar-refractivity contribution in [3.63, 3.8) is 0 Å². The van der Waals surface area contributed by atoms with E-state index in [1.165, 1.54) is 0 Å². The molecule has 0 unspecified atom stereocenters. The van der Waals surface area contributed by atoms with Crippen LogP contribution in [0, 0.1) is 5.41 Å². The Hall–Kier alpha value is -2.30. The second-order valence-electron chi connectivity index (χ2n) is 5.82. The van der Waals surface area contributed by atoms with Crippen LogP contribution in [0.5, 0.6) is 11.5 Å². The Bertz CT molecular complexity index is 567. The molecule has 0 aromatic heterocycles. The molecule has 0 saturated heterocycles. The SMILES string of the molecule is C=CC[C@]1(CNC(=O)Oc2ccc(OC)cc2)CCCCC1=O. The van der Waals surface area contributed by atoms with E-state index in [4.69, 9.17) is 9.47 Å². The quantitative estimate of drug-likeness (QED) is 0.816. The van der Waals surface area contributed by atoms with Crippen molar-refractivity contribution < 1.29 is 19.1 Å². The minimum absolute atomic E-state index is 0.202. The van der Waals surface area contributed by atoms with Crippen LogP contribution in [0.15, 0.2) is 36.9 Å². The molecule has 0 spiro atoms. The average molecular weight is 317 g/mol. The van der Waals surface area contributed by atoms with Gasteiger partial charge < -0.3 is 14.8 Å². The summed E-state index contributed by atoms with van der Waals surface area (Å²) in [5.74, 6) is 1.32. The zero-order chi connectivity index (χ0) is 16.7. The van der Waals surface area contributed by atoms with Gasteiger partial charge in [0.2, 0.25) is 0 Å². The van der Waals surface area contributed by atoms with E-state index in [0.29, 0.717) is 24.3 Å². The molecular weight excluding hydrogens is 294 g/mol. The van der Waals surface area contributed by atoms with Crippen molar-refractivity contribution in [1.29, 1.82) is 0 Å². The van der Waals surface area contributed by atoms with Gasteiger partial charge in [0.1, 0.15) is 17.3 Å². The zero-order valence-electron chi connectivity index (χ0n) is 13.5. The van der Waals surface area contributed by atoms with Gasteiger partial charge in [-0.25, -0.2) is 4.79 Å². The van der Waals surface area contributed by atoms with Gasteiger partial charge in [-0.05, 0) is 43.5 Å². The number of allylic oxidation sites excluding steroid dienone is 1. The van der Waals surface area contributed by atoms with E-state index in [2.05, 4.69) is 11.9 Å². The van der Waals surface area contributed by atoms with Gasteiger partial charge in [-0.2, -0.15) is 0 Å². The fraction of sp³-hybridized carbons (Fsp3) is 0.444. The molecule has 1 aromatic rings. The maximum absolute atomic E-state index is 12.3. The molecule has 1 aromatic carbocycles. The summed E-state index contributed by atoms with van der Waals surface area (Å²) >= 11 is 0. The topological polar surface area (TPSA) is 64.6 Å². The molecule has 1 aliphatic carbocycles. The van der Waals surface area contributed by atoms with Crippen molar-refractivity contribution in [3.05, 3.63) is 36.9 Å². The van der Waals surface area contributed by atoms with Crippen molar-refractivity contribution in [3.8, 4) is 11.5 Å². The molecule has 23 heavy (non-hydrogen) atoms. The lowest BCUT2D eigenvalue weighted by Gasteiger charge is -2.34. The second-order valence-corrected chi connectivity index (χ2v) is 5.82. The van der Waals surface area contributed by atoms with Gasteiger partial charge in [0.25, 0.3) is 0 Å². The molecule has 0 radical (unpaired) electrons. The number of nitrogens with one attached hydrogen (secondary N) is 1. The zero-order valence-corrected chi connectivity index (χ0v) is 13.5. The number of Topliss-reactive ketones (excluding diaryl/α,β-unsaturated/α-hetero) is 1. The number of methoxy groups -OCH3 is 1. The smallest absolute Gasteiger partial charge is 0.412 e. The van der Waals surface area contributed by atoms with Crippen molar-refractivity contribution in [2.75, 3.05) is 13.7 Å². The maximum Gasteiger partial charge on any atom is 0.412 e. The van der Waals surface area contributed by atoms with E-state index in [-0.39, 0.29) is 12.3 Å². The number of amides is 1. The van der Waals surface area contributed by atoms with E-state index >= 15 is 0 Å². The Morgan fingerprint density at radius 1 is 1.30 bits per heavy atom. The van der Waals surface area contributed by atoms with E-state index in [1.54, 1.807) is 37.5 Å². The van der Waals surface area contributed by atoms with Crippen LogP contribution >= 0.6 is 0 Å². The number of ether oxygens (including phenoxy) is 2. The Labute approximate surface area is 136 Å². The summed E-state index contributed by atoms with van der Waals surface area (Å²) in [6, 6.07) is 6.74. The Morgan fingerprint density at radius 2 is 2.00 bits per heavy atom. The molecule has 0 bridgehead atoms. The minimum atomic E-state index is -0.558. The molecule has 1 atom stereocenters. The fourth-order valence-electron chi connectivity index (χ4n) is 2.93. The van der Waals surface area contributed by atoms with Crippen LogP contribution in [0.1, 0.15) is 32.1 Å². The highest BCUT2D eigenvalue weighted by Gasteiger charge is 2.38. The molecule has 5 nitrogen and oxygen atoms in total. The lowest BCUT2D eigenvalue weighted by atomic mass is 9.71. The molecule has 0 heterocycles. The summed E-state index contributed by atoms with van der Waals surface area (Å²) in [5, 5.41) is 2.72. The van der Waals surface area contributed by atoms with Crippen molar-refractivity contribution in [1.82, 2.24) is 5.32 Å². The predicted molar refractivity (Wildman–Crippen MR) is 87.7 cm³/mol. The highest BCUT2D eigenvalue weighted by atomic mass is 16.6. The first-order chi connectivity index (χ1) is 11.1. The molecule has 1 amide bonds. The monoisotopic (exact) mass is 317 g/mol. The highest BCUT2D eigenvalue weighted by molar-refractivity contribution is 5.86. The summed E-state index contributed by atoms with van der Waals surface area (Å²) in [6.07, 6.45) is 5.04. The lowest BCUT2D eigenvalue weighted by molar-refractivity contribution is -0.130. The van der Waals surface area contributed by atoms with Gasteiger partial charge in [0.05, 0.1) is 7.11 Å². The summed E-state index contributed by atoms with van der Waals surface area (Å²) in [5.41, 5.74) is -0.529. The fourth-order valence-corrected chi connectivity index (χ4v) is 2.93. The standard InChI is InChI=1S/C18H23NO4/c1-3-11-18(12-5-4-6-16(18)20)13-19-17(21)23-15-9-7-14(22-2)8-10-15/h3,7-10H,1,4-6,11-13H2,2H3,(H,19,21)/t18-/m1/s1. The van der Waals surface area contributed by atoms with Crippen molar-refractivity contribution in [2.45, 2.75) is 32.1 Å². The van der Waals surface area contributed by atoms with Crippen LogP contribution < -0.4 is 14.8 Å². The Kier molecular flexibility index (Phi) is 5.79. The molecular formula is C18H23NO4. The van der Waals surface area contributed by atoms with Gasteiger partial charge in [0.15, 0.2) is 0 Å². The number of hydrogen-bond acceptors (Lipinski definition) is 4. The number of benzene rings is 1. The number of rotatable bonds is 6. The normalized spacial score (nSPS) is 20.7. The predicted octanol–water partition coefficient (Wildman–Crippen LogP) is 3.49. The second kappa shape index (κ2) is 7.81. The van der Waals surface area contributed by atoms with E-state index < -0.39 is 11.5 Å². The van der Waals surface area contributed by atoms with Crippen LogP contribution in [-0.4, -0.2) is 25.5 Å². The third-order valence-corrected chi connectivity index (χ3v) is 4.28. The van der Waals surface area contributed by atoms with Crippen molar-refractivity contribution >= 4 is 11.9 Å². The van der Waals surface area contributed by atoms with E-state index in [0.717, 1.165) is 19.3 Å². The van der Waals surface area contributed by atoms with Gasteiger partial charge in [-0.15, -0.1) is 6.58 Å². The first-order valence-electron chi connectivity index (χ1n) is 7.83. The number of hydrogen-bond donors (Lipinski definition) is 1. The van der Waals surface area contributed by atoms with Crippen LogP contribution in [0.2, 0.25) is 0 Å². The van der Waals surface area contributed by atoms with Gasteiger partial charge >= 0.3 is 6.09 Å². The Balaban J connectivity index is 1.93. The molecule has 124 valence electrons. The van der Waals surface area contributed by atoms with Gasteiger partial charge in [-0.3, -0.25) is 4.79 Å². The maximum atomic E-state index is 12.3.